The number of benzene rings is 1. The standard InChI is InChI=1S/C20H19Br2NO5/c1-11-14(21)17(22)23(15(11)16(24)12-7-5-4-6-8-12)10-9-13-18(25)27-20(2,3)28-19(13)26/h4-8,13H,9-10H2,1-3H3. The third kappa shape index (κ3) is 3.93. The van der Waals surface area contributed by atoms with Gasteiger partial charge in [0.05, 0.1) is 14.8 Å². The maximum Gasteiger partial charge on any atom is 0.323 e. The van der Waals surface area contributed by atoms with Crippen LogP contribution in [-0.2, 0) is 25.6 Å². The summed E-state index contributed by atoms with van der Waals surface area (Å²) in [5, 5.41) is 0. The maximum absolute atomic E-state index is 13.1. The highest BCUT2D eigenvalue weighted by Crippen LogP contribution is 2.34. The van der Waals surface area contributed by atoms with Crippen LogP contribution in [-0.4, -0.2) is 28.1 Å². The van der Waals surface area contributed by atoms with E-state index in [1.165, 1.54) is 13.8 Å². The van der Waals surface area contributed by atoms with E-state index in [4.69, 9.17) is 9.47 Å². The predicted molar refractivity (Wildman–Crippen MR) is 109 cm³/mol. The van der Waals surface area contributed by atoms with Crippen molar-refractivity contribution in [2.45, 2.75) is 39.5 Å². The number of cyclic esters (lactones) is 2. The van der Waals surface area contributed by atoms with Crippen molar-refractivity contribution in [1.82, 2.24) is 4.57 Å². The predicted octanol–water partition coefficient (Wildman–Crippen LogP) is 4.39. The average Bonchev–Trinajstić information content (AvgIpc) is 2.84. The maximum atomic E-state index is 13.1. The van der Waals surface area contributed by atoms with Gasteiger partial charge in [-0.15, -0.1) is 0 Å². The minimum Gasteiger partial charge on any atom is -0.422 e. The molecule has 1 aromatic carbocycles. The molecule has 0 atom stereocenters. The van der Waals surface area contributed by atoms with Gasteiger partial charge in [-0.25, -0.2) is 0 Å². The molecule has 3 rings (SSSR count). The Kier molecular flexibility index (Phi) is 5.82. The van der Waals surface area contributed by atoms with E-state index in [2.05, 4.69) is 31.9 Å². The van der Waals surface area contributed by atoms with Gasteiger partial charge in [0, 0.05) is 26.0 Å². The topological polar surface area (TPSA) is 74.6 Å². The molecule has 0 radical (unpaired) electrons. The van der Waals surface area contributed by atoms with Gasteiger partial charge in [-0.05, 0) is 50.8 Å². The van der Waals surface area contributed by atoms with Gasteiger partial charge in [-0.2, -0.15) is 0 Å². The number of halogens is 2. The van der Waals surface area contributed by atoms with Crippen molar-refractivity contribution in [2.24, 2.45) is 5.92 Å². The molecule has 1 saturated heterocycles. The third-order valence-corrected chi connectivity index (χ3v) is 6.85. The molecule has 0 N–H and O–H groups in total. The minimum atomic E-state index is -1.26. The second-order valence-corrected chi connectivity index (χ2v) is 8.55. The summed E-state index contributed by atoms with van der Waals surface area (Å²) in [7, 11) is 0. The summed E-state index contributed by atoms with van der Waals surface area (Å²) in [5.41, 5.74) is 1.82. The first-order valence-electron chi connectivity index (χ1n) is 8.72. The van der Waals surface area contributed by atoms with Crippen molar-refractivity contribution in [3.05, 3.63) is 56.2 Å². The van der Waals surface area contributed by atoms with Crippen LogP contribution in [0.2, 0.25) is 0 Å². The Hall–Kier alpha value is -1.93. The molecule has 8 heteroatoms. The second kappa shape index (κ2) is 7.83. The lowest BCUT2D eigenvalue weighted by Crippen LogP contribution is -2.46. The summed E-state index contributed by atoms with van der Waals surface area (Å²) in [6.07, 6.45) is 0.155. The Morgan fingerprint density at radius 1 is 1.11 bits per heavy atom. The molecule has 148 valence electrons. The minimum absolute atomic E-state index is 0.139. The van der Waals surface area contributed by atoms with E-state index < -0.39 is 23.6 Å². The number of carbonyl (C=O) groups excluding carboxylic acids is 3. The van der Waals surface area contributed by atoms with Crippen LogP contribution < -0.4 is 0 Å². The summed E-state index contributed by atoms with van der Waals surface area (Å²) in [6.45, 7) is 5.13. The number of hydrogen-bond acceptors (Lipinski definition) is 5. The zero-order chi connectivity index (χ0) is 20.6. The largest absolute Gasteiger partial charge is 0.422 e. The molecule has 1 aromatic heterocycles. The molecule has 28 heavy (non-hydrogen) atoms. The van der Waals surface area contributed by atoms with Crippen LogP contribution in [0, 0.1) is 12.8 Å². The van der Waals surface area contributed by atoms with Gasteiger partial charge in [-0.3, -0.25) is 14.4 Å². The summed E-state index contributed by atoms with van der Waals surface area (Å²) in [4.78, 5) is 37.5. The molecule has 1 fully saturated rings. The molecule has 2 aromatic rings. The van der Waals surface area contributed by atoms with Gasteiger partial charge in [0.1, 0.15) is 0 Å². The summed E-state index contributed by atoms with van der Waals surface area (Å²) < 4.78 is 13.5. The smallest absolute Gasteiger partial charge is 0.323 e. The zero-order valence-corrected chi connectivity index (χ0v) is 18.8. The van der Waals surface area contributed by atoms with Crippen molar-refractivity contribution < 1.29 is 23.9 Å². The number of nitrogens with zero attached hydrogens (tertiary/aromatic N) is 1. The van der Waals surface area contributed by atoms with E-state index in [-0.39, 0.29) is 18.7 Å². The Bertz CT molecular complexity index is 929. The van der Waals surface area contributed by atoms with Gasteiger partial charge in [0.25, 0.3) is 5.79 Å². The fourth-order valence-corrected chi connectivity index (χ4v) is 4.20. The lowest BCUT2D eigenvalue weighted by atomic mass is 10.0. The molecule has 1 aliphatic rings. The van der Waals surface area contributed by atoms with Crippen LogP contribution in [0.3, 0.4) is 0 Å². The Morgan fingerprint density at radius 3 is 2.25 bits per heavy atom. The van der Waals surface area contributed by atoms with Crippen LogP contribution in [0.15, 0.2) is 39.4 Å². The molecule has 0 aliphatic carbocycles. The molecule has 0 saturated carbocycles. The highest BCUT2D eigenvalue weighted by molar-refractivity contribution is 9.13. The zero-order valence-electron chi connectivity index (χ0n) is 15.6. The fraction of sp³-hybridized carbons (Fsp3) is 0.350. The molecule has 1 aliphatic heterocycles. The number of ketones is 1. The Balaban J connectivity index is 1.89. The van der Waals surface area contributed by atoms with Crippen LogP contribution in [0.1, 0.15) is 41.9 Å². The van der Waals surface area contributed by atoms with Crippen LogP contribution >= 0.6 is 31.9 Å². The number of carbonyl (C=O) groups is 3. The fourth-order valence-electron chi connectivity index (χ4n) is 3.14. The summed E-state index contributed by atoms with van der Waals surface area (Å²) in [5.74, 6) is -3.65. The lowest BCUT2D eigenvalue weighted by molar-refractivity contribution is -0.240. The van der Waals surface area contributed by atoms with E-state index >= 15 is 0 Å². The first-order valence-corrected chi connectivity index (χ1v) is 10.3. The molecule has 0 amide bonds. The summed E-state index contributed by atoms with van der Waals surface area (Å²) in [6, 6.07) is 8.94. The molecule has 2 heterocycles. The third-order valence-electron chi connectivity index (χ3n) is 4.53. The van der Waals surface area contributed by atoms with Gasteiger partial charge in [-0.1, -0.05) is 30.3 Å². The Morgan fingerprint density at radius 2 is 1.68 bits per heavy atom. The molecule has 0 bridgehead atoms. The second-order valence-electron chi connectivity index (χ2n) is 7.01. The molecule has 6 nitrogen and oxygen atoms in total. The number of esters is 2. The van der Waals surface area contributed by atoms with Crippen molar-refractivity contribution >= 4 is 49.6 Å². The molecule has 0 spiro atoms. The highest BCUT2D eigenvalue weighted by atomic mass is 79.9. The molecular weight excluding hydrogens is 494 g/mol. The lowest BCUT2D eigenvalue weighted by Gasteiger charge is -2.33. The summed E-state index contributed by atoms with van der Waals surface area (Å²) >= 11 is 6.99. The number of rotatable bonds is 5. The van der Waals surface area contributed by atoms with Gasteiger partial charge < -0.3 is 14.0 Å². The number of hydrogen-bond donors (Lipinski definition) is 0. The first-order chi connectivity index (χ1) is 13.1. The van der Waals surface area contributed by atoms with Gasteiger partial charge >= 0.3 is 11.9 Å². The van der Waals surface area contributed by atoms with Crippen LogP contribution in [0.4, 0.5) is 0 Å². The van der Waals surface area contributed by atoms with Gasteiger partial charge in [0.2, 0.25) is 5.78 Å². The SMILES string of the molecule is Cc1c(Br)c(Br)n(CCC2C(=O)OC(C)(C)OC2=O)c1C(=O)c1ccccc1. The van der Waals surface area contributed by atoms with E-state index in [1.807, 2.05) is 13.0 Å². The van der Waals surface area contributed by atoms with E-state index in [0.717, 1.165) is 10.0 Å². The van der Waals surface area contributed by atoms with E-state index in [1.54, 1.807) is 28.8 Å². The van der Waals surface area contributed by atoms with E-state index in [9.17, 15) is 14.4 Å². The molecular formula is C20H19Br2NO5. The van der Waals surface area contributed by atoms with Gasteiger partial charge in [0.15, 0.2) is 5.92 Å². The normalized spacial score (nSPS) is 16.6. The van der Waals surface area contributed by atoms with E-state index in [0.29, 0.717) is 15.9 Å². The van der Waals surface area contributed by atoms with Crippen molar-refractivity contribution in [1.29, 1.82) is 0 Å². The van der Waals surface area contributed by atoms with Crippen molar-refractivity contribution in [3.63, 3.8) is 0 Å². The monoisotopic (exact) mass is 511 g/mol. The van der Waals surface area contributed by atoms with Crippen molar-refractivity contribution in [2.75, 3.05) is 0 Å². The first kappa shape index (κ1) is 20.8. The number of aromatic nitrogens is 1. The molecule has 0 unspecified atom stereocenters. The Labute approximate surface area is 179 Å². The van der Waals surface area contributed by atoms with Crippen LogP contribution in [0.5, 0.6) is 0 Å². The van der Waals surface area contributed by atoms with Crippen LogP contribution in [0.25, 0.3) is 0 Å². The average molecular weight is 513 g/mol. The van der Waals surface area contributed by atoms with Crippen molar-refractivity contribution in [3.8, 4) is 0 Å². The number of ether oxygens (including phenoxy) is 2. The quantitative estimate of drug-likeness (QED) is 0.337. The highest BCUT2D eigenvalue weighted by Gasteiger charge is 2.43.